The van der Waals surface area contributed by atoms with Gasteiger partial charge in [-0.15, -0.1) is 0 Å². The van der Waals surface area contributed by atoms with E-state index < -0.39 is 21.9 Å². The zero-order chi connectivity index (χ0) is 18.3. The van der Waals surface area contributed by atoms with Crippen molar-refractivity contribution in [3.8, 4) is 0 Å². The van der Waals surface area contributed by atoms with Crippen LogP contribution in [-0.2, 0) is 26.0 Å². The van der Waals surface area contributed by atoms with Gasteiger partial charge in [-0.2, -0.15) is 0 Å². The summed E-state index contributed by atoms with van der Waals surface area (Å²) in [6.07, 6.45) is 0.981. The molecule has 0 aromatic heterocycles. The summed E-state index contributed by atoms with van der Waals surface area (Å²) in [5, 5.41) is 9.13. The number of carboxylic acid groups (broad SMARTS) is 1. The van der Waals surface area contributed by atoms with Crippen LogP contribution in [0.25, 0.3) is 0 Å². The van der Waals surface area contributed by atoms with E-state index in [-0.39, 0.29) is 17.9 Å². The van der Waals surface area contributed by atoms with E-state index in [9.17, 15) is 18.0 Å². The predicted octanol–water partition coefficient (Wildman–Crippen LogP) is 1.96. The Morgan fingerprint density at radius 1 is 1.08 bits per heavy atom. The molecule has 0 saturated carbocycles. The van der Waals surface area contributed by atoms with Gasteiger partial charge in [0, 0.05) is 13.0 Å². The van der Waals surface area contributed by atoms with E-state index >= 15 is 0 Å². The monoisotopic (exact) mass is 361 g/mol. The molecule has 0 amide bonds. The number of carboxylic acids is 1. The summed E-state index contributed by atoms with van der Waals surface area (Å²) in [5.74, 6) is -1.90. The highest BCUT2D eigenvalue weighted by Gasteiger charge is 2.19. The SMILES string of the molecule is O=CCC(C(=O)O)c1ccc(CCNS(=O)(=O)c2ccccc2)cc1. The van der Waals surface area contributed by atoms with Crippen LogP contribution >= 0.6 is 0 Å². The number of benzene rings is 2. The lowest BCUT2D eigenvalue weighted by Gasteiger charge is -2.11. The molecule has 1 unspecified atom stereocenters. The second-order valence-corrected chi connectivity index (χ2v) is 7.26. The standard InChI is InChI=1S/C18H19NO5S/c20-13-11-17(18(21)22)15-8-6-14(7-9-15)10-12-19-25(23,24)16-4-2-1-3-5-16/h1-9,13,17,19H,10-12H2,(H,21,22). The zero-order valence-corrected chi connectivity index (χ0v) is 14.3. The number of aliphatic carboxylic acids is 1. The summed E-state index contributed by atoms with van der Waals surface area (Å²) < 4.78 is 26.7. The Hall–Kier alpha value is -2.51. The van der Waals surface area contributed by atoms with E-state index in [4.69, 9.17) is 5.11 Å². The molecule has 0 bridgehead atoms. The van der Waals surface area contributed by atoms with Gasteiger partial charge in [-0.25, -0.2) is 13.1 Å². The lowest BCUT2D eigenvalue weighted by Crippen LogP contribution is -2.25. The average molecular weight is 361 g/mol. The number of hydrogen-bond donors (Lipinski definition) is 2. The molecule has 0 fully saturated rings. The van der Waals surface area contributed by atoms with Gasteiger partial charge in [0.2, 0.25) is 10.0 Å². The van der Waals surface area contributed by atoms with Crippen LogP contribution in [0, 0.1) is 0 Å². The average Bonchev–Trinajstić information content (AvgIpc) is 2.61. The Balaban J connectivity index is 1.96. The maximum atomic E-state index is 12.1. The minimum absolute atomic E-state index is 0.0778. The quantitative estimate of drug-likeness (QED) is 0.665. The summed E-state index contributed by atoms with van der Waals surface area (Å²) >= 11 is 0. The molecule has 0 saturated heterocycles. The Morgan fingerprint density at radius 3 is 2.28 bits per heavy atom. The number of rotatable bonds is 9. The van der Waals surface area contributed by atoms with E-state index in [0.29, 0.717) is 18.3 Å². The van der Waals surface area contributed by atoms with E-state index in [2.05, 4.69) is 4.72 Å². The molecule has 0 aliphatic rings. The van der Waals surface area contributed by atoms with Crippen molar-refractivity contribution in [2.45, 2.75) is 23.7 Å². The van der Waals surface area contributed by atoms with Gasteiger partial charge in [-0.3, -0.25) is 4.79 Å². The predicted molar refractivity (Wildman–Crippen MR) is 92.8 cm³/mol. The molecule has 0 heterocycles. The first-order valence-corrected chi connectivity index (χ1v) is 9.22. The summed E-state index contributed by atoms with van der Waals surface area (Å²) in [4.78, 5) is 22.0. The van der Waals surface area contributed by atoms with Crippen molar-refractivity contribution >= 4 is 22.3 Å². The van der Waals surface area contributed by atoms with Crippen LogP contribution in [0.3, 0.4) is 0 Å². The Labute approximate surface area is 146 Å². The molecule has 1 atom stereocenters. The van der Waals surface area contributed by atoms with Crippen molar-refractivity contribution in [1.29, 1.82) is 0 Å². The summed E-state index contributed by atoms with van der Waals surface area (Å²) in [6.45, 7) is 0.229. The van der Waals surface area contributed by atoms with Crippen LogP contribution < -0.4 is 4.72 Å². The van der Waals surface area contributed by atoms with Crippen molar-refractivity contribution < 1.29 is 23.1 Å². The molecule has 2 aromatic carbocycles. The molecular formula is C18H19NO5S. The van der Waals surface area contributed by atoms with Crippen LogP contribution in [0.5, 0.6) is 0 Å². The lowest BCUT2D eigenvalue weighted by molar-refractivity contribution is -0.139. The topological polar surface area (TPSA) is 101 Å². The fourth-order valence-corrected chi connectivity index (χ4v) is 3.46. The molecule has 0 aliphatic carbocycles. The van der Waals surface area contributed by atoms with Gasteiger partial charge < -0.3 is 9.90 Å². The molecule has 7 heteroatoms. The van der Waals surface area contributed by atoms with Crippen LogP contribution in [0.4, 0.5) is 0 Å². The van der Waals surface area contributed by atoms with Gasteiger partial charge in [0.25, 0.3) is 0 Å². The maximum Gasteiger partial charge on any atom is 0.311 e. The number of carbonyl (C=O) groups is 2. The van der Waals surface area contributed by atoms with Gasteiger partial charge in [0.1, 0.15) is 6.29 Å². The second-order valence-electron chi connectivity index (χ2n) is 5.50. The number of aldehydes is 1. The van der Waals surface area contributed by atoms with Crippen molar-refractivity contribution in [2.24, 2.45) is 0 Å². The van der Waals surface area contributed by atoms with Crippen molar-refractivity contribution in [3.05, 3.63) is 65.7 Å². The largest absolute Gasteiger partial charge is 0.481 e. The fourth-order valence-electron chi connectivity index (χ4n) is 2.41. The van der Waals surface area contributed by atoms with E-state index in [1.807, 2.05) is 0 Å². The normalized spacial score (nSPS) is 12.5. The first-order valence-electron chi connectivity index (χ1n) is 7.74. The third kappa shape index (κ3) is 5.23. The molecule has 2 N–H and O–H groups in total. The Morgan fingerprint density at radius 2 is 1.72 bits per heavy atom. The maximum absolute atomic E-state index is 12.1. The molecule has 0 radical (unpaired) electrons. The Bertz CT molecular complexity index is 816. The molecule has 2 rings (SSSR count). The van der Waals surface area contributed by atoms with E-state index in [1.54, 1.807) is 42.5 Å². The zero-order valence-electron chi connectivity index (χ0n) is 13.5. The highest BCUT2D eigenvalue weighted by molar-refractivity contribution is 7.89. The number of carbonyl (C=O) groups excluding carboxylic acids is 1. The van der Waals surface area contributed by atoms with E-state index in [0.717, 1.165) is 5.56 Å². The van der Waals surface area contributed by atoms with Gasteiger partial charge >= 0.3 is 5.97 Å². The third-order valence-electron chi connectivity index (χ3n) is 3.77. The smallest absolute Gasteiger partial charge is 0.311 e. The van der Waals surface area contributed by atoms with Gasteiger partial charge in [0.05, 0.1) is 10.8 Å². The number of sulfonamides is 1. The molecule has 0 aliphatic heterocycles. The molecule has 2 aromatic rings. The summed E-state index contributed by atoms with van der Waals surface area (Å²) in [5.41, 5.74) is 1.42. The van der Waals surface area contributed by atoms with Crippen LogP contribution in [0.1, 0.15) is 23.5 Å². The minimum Gasteiger partial charge on any atom is -0.481 e. The first-order chi connectivity index (χ1) is 11.9. The van der Waals surface area contributed by atoms with Crippen molar-refractivity contribution in [3.63, 3.8) is 0 Å². The fraction of sp³-hybridized carbons (Fsp3) is 0.222. The highest BCUT2D eigenvalue weighted by atomic mass is 32.2. The highest BCUT2D eigenvalue weighted by Crippen LogP contribution is 2.19. The molecule has 0 spiro atoms. The van der Waals surface area contributed by atoms with Crippen molar-refractivity contribution in [1.82, 2.24) is 4.72 Å². The Kier molecular flexibility index (Phi) is 6.44. The van der Waals surface area contributed by atoms with Crippen molar-refractivity contribution in [2.75, 3.05) is 6.54 Å². The van der Waals surface area contributed by atoms with Gasteiger partial charge in [0.15, 0.2) is 0 Å². The first kappa shape index (κ1) is 18.8. The van der Waals surface area contributed by atoms with Crippen LogP contribution in [0.2, 0.25) is 0 Å². The molecular weight excluding hydrogens is 342 g/mol. The molecule has 132 valence electrons. The van der Waals surface area contributed by atoms with Crippen LogP contribution in [0.15, 0.2) is 59.5 Å². The second kappa shape index (κ2) is 8.55. The summed E-state index contributed by atoms with van der Waals surface area (Å²) in [6, 6.07) is 14.9. The minimum atomic E-state index is -3.54. The van der Waals surface area contributed by atoms with Crippen LogP contribution in [-0.4, -0.2) is 32.3 Å². The number of nitrogens with one attached hydrogen (secondary N) is 1. The lowest BCUT2D eigenvalue weighted by atomic mass is 9.95. The molecule has 6 nitrogen and oxygen atoms in total. The van der Waals surface area contributed by atoms with Gasteiger partial charge in [-0.1, -0.05) is 42.5 Å². The van der Waals surface area contributed by atoms with E-state index in [1.165, 1.54) is 12.1 Å². The molecule has 25 heavy (non-hydrogen) atoms. The third-order valence-corrected chi connectivity index (χ3v) is 5.25. The summed E-state index contributed by atoms with van der Waals surface area (Å²) in [7, 11) is -3.54. The van der Waals surface area contributed by atoms with Gasteiger partial charge in [-0.05, 0) is 29.7 Å². The number of hydrogen-bond acceptors (Lipinski definition) is 4.